The van der Waals surface area contributed by atoms with Crippen LogP contribution in [0.4, 0.5) is 4.79 Å². The maximum Gasteiger partial charge on any atom is 0.355 e. The average Bonchev–Trinajstić information content (AvgIpc) is 2.77. The van der Waals surface area contributed by atoms with Gasteiger partial charge in [-0.2, -0.15) is 0 Å². The molecule has 7 heteroatoms. The van der Waals surface area contributed by atoms with E-state index in [1.54, 1.807) is 0 Å². The molecule has 0 fully saturated rings. The summed E-state index contributed by atoms with van der Waals surface area (Å²) >= 11 is 1.28. The predicted octanol–water partition coefficient (Wildman–Crippen LogP) is 1.73. The molecular weight excluding hydrogens is 266 g/mol. The van der Waals surface area contributed by atoms with Crippen molar-refractivity contribution in [3.63, 3.8) is 0 Å². The fourth-order valence-electron chi connectivity index (χ4n) is 1.23. The van der Waals surface area contributed by atoms with Gasteiger partial charge in [0, 0.05) is 24.4 Å². The molecule has 106 valence electrons. The molecule has 1 atom stereocenters. The normalized spacial score (nSPS) is 12.2. The lowest BCUT2D eigenvalue weighted by atomic mass is 10.1. The molecule has 0 saturated heterocycles. The molecule has 1 heterocycles. The number of carbonyl (C=O) groups is 2. The average molecular weight is 285 g/mol. The minimum absolute atomic E-state index is 0.0536. The molecule has 3 N–H and O–H groups in total. The van der Waals surface area contributed by atoms with Gasteiger partial charge in [-0.3, -0.25) is 0 Å². The summed E-state index contributed by atoms with van der Waals surface area (Å²) in [7, 11) is 0. The highest BCUT2D eigenvalue weighted by Crippen LogP contribution is 2.09. The first-order valence-corrected chi connectivity index (χ1v) is 7.00. The Hall–Kier alpha value is -1.63. The molecule has 19 heavy (non-hydrogen) atoms. The second kappa shape index (κ2) is 7.08. The third kappa shape index (κ3) is 5.25. The Bertz CT molecular complexity index is 445. The number of hydrogen-bond acceptors (Lipinski definition) is 4. The molecule has 0 aliphatic rings. The van der Waals surface area contributed by atoms with Crippen LogP contribution in [0.15, 0.2) is 5.38 Å². The molecule has 1 aromatic rings. The summed E-state index contributed by atoms with van der Waals surface area (Å²) in [5.41, 5.74) is 0.0536. The molecule has 0 aliphatic heterocycles. The Kier molecular flexibility index (Phi) is 5.75. The van der Waals surface area contributed by atoms with Crippen molar-refractivity contribution in [2.75, 3.05) is 6.54 Å². The van der Waals surface area contributed by atoms with Gasteiger partial charge in [0.2, 0.25) is 0 Å². The Morgan fingerprint density at radius 3 is 2.63 bits per heavy atom. The quantitative estimate of drug-likeness (QED) is 0.742. The number of carboxylic acid groups (broad SMARTS) is 1. The number of nitrogens with one attached hydrogen (secondary N) is 2. The van der Waals surface area contributed by atoms with Crippen LogP contribution < -0.4 is 10.6 Å². The van der Waals surface area contributed by atoms with Crippen LogP contribution in [-0.2, 0) is 6.42 Å². The van der Waals surface area contributed by atoms with Crippen LogP contribution in [0.3, 0.4) is 0 Å². The van der Waals surface area contributed by atoms with E-state index in [0.717, 1.165) is 0 Å². The van der Waals surface area contributed by atoms with Crippen molar-refractivity contribution < 1.29 is 14.7 Å². The zero-order chi connectivity index (χ0) is 14.4. The van der Waals surface area contributed by atoms with Crippen LogP contribution in [0, 0.1) is 5.92 Å². The van der Waals surface area contributed by atoms with Crippen molar-refractivity contribution in [2.45, 2.75) is 33.2 Å². The summed E-state index contributed by atoms with van der Waals surface area (Å²) in [6.07, 6.45) is 0.529. The highest BCUT2D eigenvalue weighted by atomic mass is 32.1. The number of hydrogen-bond donors (Lipinski definition) is 3. The SMILES string of the molecule is CC(C)C(C)NC(=O)NCCc1nc(C(=O)O)cs1. The first-order chi connectivity index (χ1) is 8.90. The number of amides is 2. The molecule has 1 rings (SSSR count). The van der Waals surface area contributed by atoms with Crippen molar-refractivity contribution in [1.29, 1.82) is 0 Å². The number of aromatic carboxylic acids is 1. The van der Waals surface area contributed by atoms with E-state index in [-0.39, 0.29) is 17.8 Å². The van der Waals surface area contributed by atoms with Gasteiger partial charge in [0.25, 0.3) is 0 Å². The molecule has 1 aromatic heterocycles. The first-order valence-electron chi connectivity index (χ1n) is 6.12. The lowest BCUT2D eigenvalue weighted by molar-refractivity contribution is 0.0691. The van der Waals surface area contributed by atoms with Crippen LogP contribution in [0.25, 0.3) is 0 Å². The Morgan fingerprint density at radius 1 is 1.42 bits per heavy atom. The van der Waals surface area contributed by atoms with Gasteiger partial charge >= 0.3 is 12.0 Å². The Morgan fingerprint density at radius 2 is 2.11 bits per heavy atom. The zero-order valence-corrected chi connectivity index (χ0v) is 12.1. The second-order valence-corrected chi connectivity index (χ2v) is 5.56. The largest absolute Gasteiger partial charge is 0.476 e. The molecule has 0 aliphatic carbocycles. The van der Waals surface area contributed by atoms with E-state index in [1.807, 2.05) is 20.8 Å². The third-order valence-corrected chi connectivity index (χ3v) is 3.66. The van der Waals surface area contributed by atoms with Crippen molar-refractivity contribution in [1.82, 2.24) is 15.6 Å². The van der Waals surface area contributed by atoms with E-state index in [9.17, 15) is 9.59 Å². The Labute approximate surface area is 116 Å². The minimum Gasteiger partial charge on any atom is -0.476 e. The van der Waals surface area contributed by atoms with E-state index in [2.05, 4.69) is 15.6 Å². The number of nitrogens with zero attached hydrogens (tertiary/aromatic N) is 1. The summed E-state index contributed by atoms with van der Waals surface area (Å²) < 4.78 is 0. The summed E-state index contributed by atoms with van der Waals surface area (Å²) in [6.45, 7) is 6.45. The number of aromatic nitrogens is 1. The lowest BCUT2D eigenvalue weighted by Gasteiger charge is -2.17. The van der Waals surface area contributed by atoms with E-state index in [4.69, 9.17) is 5.11 Å². The monoisotopic (exact) mass is 285 g/mol. The van der Waals surface area contributed by atoms with E-state index >= 15 is 0 Å². The summed E-state index contributed by atoms with van der Waals surface area (Å²) in [5.74, 6) is -0.651. The van der Waals surface area contributed by atoms with Crippen molar-refractivity contribution in [3.8, 4) is 0 Å². The van der Waals surface area contributed by atoms with Gasteiger partial charge in [0.1, 0.15) is 0 Å². The molecule has 0 bridgehead atoms. The maximum atomic E-state index is 11.5. The highest BCUT2D eigenvalue weighted by Gasteiger charge is 2.11. The van der Waals surface area contributed by atoms with Crippen LogP contribution >= 0.6 is 11.3 Å². The fraction of sp³-hybridized carbons (Fsp3) is 0.583. The smallest absolute Gasteiger partial charge is 0.355 e. The molecule has 0 saturated carbocycles. The van der Waals surface area contributed by atoms with Gasteiger partial charge in [0.15, 0.2) is 5.69 Å². The summed E-state index contributed by atoms with van der Waals surface area (Å²) in [4.78, 5) is 26.1. The topological polar surface area (TPSA) is 91.3 Å². The van der Waals surface area contributed by atoms with E-state index in [1.165, 1.54) is 16.7 Å². The molecular formula is C12H19N3O3S. The molecule has 2 amide bonds. The van der Waals surface area contributed by atoms with Gasteiger partial charge in [-0.25, -0.2) is 14.6 Å². The molecule has 6 nitrogen and oxygen atoms in total. The van der Waals surface area contributed by atoms with Crippen molar-refractivity contribution in [3.05, 3.63) is 16.1 Å². The van der Waals surface area contributed by atoms with Crippen LogP contribution in [0.5, 0.6) is 0 Å². The van der Waals surface area contributed by atoms with Crippen LogP contribution in [-0.4, -0.2) is 34.7 Å². The number of carbonyl (C=O) groups excluding carboxylic acids is 1. The van der Waals surface area contributed by atoms with E-state index in [0.29, 0.717) is 23.9 Å². The lowest BCUT2D eigenvalue weighted by Crippen LogP contribution is -2.43. The van der Waals surface area contributed by atoms with Gasteiger partial charge in [-0.05, 0) is 12.8 Å². The fourth-order valence-corrected chi connectivity index (χ4v) is 2.00. The number of thiazole rings is 1. The predicted molar refractivity (Wildman–Crippen MR) is 73.6 cm³/mol. The van der Waals surface area contributed by atoms with Crippen LogP contribution in [0.1, 0.15) is 36.3 Å². The van der Waals surface area contributed by atoms with Gasteiger partial charge in [-0.15, -0.1) is 11.3 Å². The Balaban J connectivity index is 2.29. The second-order valence-electron chi connectivity index (χ2n) is 4.61. The van der Waals surface area contributed by atoms with Crippen molar-refractivity contribution in [2.24, 2.45) is 5.92 Å². The summed E-state index contributed by atoms with van der Waals surface area (Å²) in [5, 5.41) is 16.5. The zero-order valence-electron chi connectivity index (χ0n) is 11.3. The highest BCUT2D eigenvalue weighted by molar-refractivity contribution is 7.09. The molecule has 0 aromatic carbocycles. The van der Waals surface area contributed by atoms with Gasteiger partial charge in [0.05, 0.1) is 5.01 Å². The van der Waals surface area contributed by atoms with Gasteiger partial charge in [-0.1, -0.05) is 13.8 Å². The van der Waals surface area contributed by atoms with Gasteiger partial charge < -0.3 is 15.7 Å². The number of carboxylic acids is 1. The summed E-state index contributed by atoms with van der Waals surface area (Å²) in [6, 6.07) is -0.102. The maximum absolute atomic E-state index is 11.5. The molecule has 0 radical (unpaired) electrons. The number of rotatable bonds is 6. The van der Waals surface area contributed by atoms with E-state index < -0.39 is 5.97 Å². The standard InChI is InChI=1S/C12H19N3O3S/c1-7(2)8(3)14-12(18)13-5-4-10-15-9(6-19-10)11(16)17/h6-8H,4-5H2,1-3H3,(H,16,17)(H2,13,14,18). The molecule has 1 unspecified atom stereocenters. The first kappa shape index (κ1) is 15.4. The third-order valence-electron chi connectivity index (χ3n) is 2.75. The molecule has 0 spiro atoms. The van der Waals surface area contributed by atoms with Crippen LogP contribution in [0.2, 0.25) is 0 Å². The van der Waals surface area contributed by atoms with Crippen molar-refractivity contribution >= 4 is 23.3 Å². The number of urea groups is 1. The minimum atomic E-state index is -1.03.